The monoisotopic (exact) mass is 405 g/mol. The van der Waals surface area contributed by atoms with Gasteiger partial charge >= 0.3 is 0 Å². The number of carbonyl (C=O) groups is 1. The summed E-state index contributed by atoms with van der Waals surface area (Å²) in [6.45, 7) is 1.97. The molecule has 0 saturated carbocycles. The van der Waals surface area contributed by atoms with E-state index in [1.54, 1.807) is 39.0 Å². The minimum absolute atomic E-state index is 0.00299. The number of nitrogens with zero attached hydrogens (tertiary/aromatic N) is 3. The number of amides is 1. The third kappa shape index (κ3) is 3.72. The fourth-order valence-corrected chi connectivity index (χ4v) is 5.86. The molecule has 1 aliphatic rings. The Labute approximate surface area is 162 Å². The molecule has 0 fully saturated rings. The number of hydrogen-bond donors (Lipinski definition) is 0. The van der Waals surface area contributed by atoms with Crippen LogP contribution in [0.2, 0.25) is 0 Å². The molecule has 128 valence electrons. The number of hydrazone groups is 1. The van der Waals surface area contributed by atoms with E-state index in [-0.39, 0.29) is 11.9 Å². The Morgan fingerprint density at radius 2 is 2.12 bits per heavy atom. The van der Waals surface area contributed by atoms with Crippen LogP contribution in [0.5, 0.6) is 0 Å². The van der Waals surface area contributed by atoms with Gasteiger partial charge in [0.05, 0.1) is 22.4 Å². The Bertz CT molecular complexity index is 883. The van der Waals surface area contributed by atoms with E-state index in [1.165, 1.54) is 16.6 Å². The fraction of sp³-hybridized carbons (Fsp3) is 0.235. The highest BCUT2D eigenvalue weighted by Crippen LogP contribution is 2.36. The van der Waals surface area contributed by atoms with Crippen LogP contribution in [0, 0.1) is 6.92 Å². The van der Waals surface area contributed by atoms with Crippen molar-refractivity contribution in [3.8, 4) is 0 Å². The van der Waals surface area contributed by atoms with Gasteiger partial charge in [-0.15, -0.1) is 34.0 Å². The van der Waals surface area contributed by atoms with Crippen molar-refractivity contribution in [2.24, 2.45) is 5.10 Å². The molecule has 1 aliphatic heterocycles. The third-order valence-electron chi connectivity index (χ3n) is 3.76. The second-order valence-corrected chi connectivity index (χ2v) is 9.55. The molecule has 1 amide bonds. The van der Waals surface area contributed by atoms with E-state index in [2.05, 4.69) is 22.2 Å². The van der Waals surface area contributed by atoms with Crippen molar-refractivity contribution < 1.29 is 4.79 Å². The average Bonchev–Trinajstić information content (AvgIpc) is 3.38. The number of aryl methyl sites for hydroxylation is 1. The standard InChI is InChI=1S/C17H15N3OS4/c1-11-9-24-17(18-11)25-10-16(21)20-13(15-5-3-7-23-15)8-12(19-20)14-4-2-6-22-14/h2-7,9,13H,8,10H2,1H3/t13-/m0/s1. The van der Waals surface area contributed by atoms with Crippen molar-refractivity contribution in [2.45, 2.75) is 23.7 Å². The SMILES string of the molecule is Cc1csc(SCC(=O)N2N=C(c3cccs3)C[C@H]2c2cccs2)n1. The summed E-state index contributed by atoms with van der Waals surface area (Å²) in [5.74, 6) is 0.388. The van der Waals surface area contributed by atoms with Gasteiger partial charge in [-0.3, -0.25) is 4.79 Å². The highest BCUT2D eigenvalue weighted by Gasteiger charge is 2.33. The summed E-state index contributed by atoms with van der Waals surface area (Å²) >= 11 is 6.41. The molecule has 3 aromatic rings. The van der Waals surface area contributed by atoms with E-state index in [1.807, 2.05) is 35.2 Å². The highest BCUT2D eigenvalue weighted by atomic mass is 32.2. The summed E-state index contributed by atoms with van der Waals surface area (Å²) in [5.41, 5.74) is 1.99. The summed E-state index contributed by atoms with van der Waals surface area (Å²) in [6, 6.07) is 8.20. The van der Waals surface area contributed by atoms with Gasteiger partial charge in [-0.25, -0.2) is 9.99 Å². The van der Waals surface area contributed by atoms with Gasteiger partial charge in [0.15, 0.2) is 4.34 Å². The molecule has 0 unspecified atom stereocenters. The maximum Gasteiger partial charge on any atom is 0.253 e. The van der Waals surface area contributed by atoms with E-state index < -0.39 is 0 Å². The molecule has 0 aromatic carbocycles. The smallest absolute Gasteiger partial charge is 0.253 e. The molecule has 1 atom stereocenters. The Hall–Kier alpha value is -1.48. The minimum atomic E-state index is 0.00299. The fourth-order valence-electron chi connectivity index (χ4n) is 2.62. The topological polar surface area (TPSA) is 45.6 Å². The predicted octanol–water partition coefficient (Wildman–Crippen LogP) is 5.04. The summed E-state index contributed by atoms with van der Waals surface area (Å²) in [7, 11) is 0. The first-order valence-electron chi connectivity index (χ1n) is 7.72. The number of thioether (sulfide) groups is 1. The van der Waals surface area contributed by atoms with Crippen molar-refractivity contribution in [1.29, 1.82) is 0 Å². The first-order valence-corrected chi connectivity index (χ1v) is 11.3. The molecule has 0 spiro atoms. The van der Waals surface area contributed by atoms with Crippen LogP contribution in [0.3, 0.4) is 0 Å². The maximum absolute atomic E-state index is 12.8. The van der Waals surface area contributed by atoms with Crippen molar-refractivity contribution in [3.63, 3.8) is 0 Å². The largest absolute Gasteiger partial charge is 0.272 e. The van der Waals surface area contributed by atoms with Gasteiger partial charge in [-0.05, 0) is 29.8 Å². The molecule has 25 heavy (non-hydrogen) atoms. The van der Waals surface area contributed by atoms with Crippen molar-refractivity contribution >= 4 is 57.4 Å². The van der Waals surface area contributed by atoms with Crippen LogP contribution in [-0.2, 0) is 4.79 Å². The molecular formula is C17H15N3OS4. The Morgan fingerprint density at radius 3 is 2.80 bits per heavy atom. The molecule has 8 heteroatoms. The number of carbonyl (C=O) groups excluding carboxylic acids is 1. The van der Waals surface area contributed by atoms with Crippen LogP contribution in [0.25, 0.3) is 0 Å². The Morgan fingerprint density at radius 1 is 1.28 bits per heavy atom. The van der Waals surface area contributed by atoms with E-state index in [0.717, 1.165) is 27.0 Å². The molecule has 3 aromatic heterocycles. The van der Waals surface area contributed by atoms with E-state index >= 15 is 0 Å². The molecule has 0 aliphatic carbocycles. The number of thiazole rings is 1. The highest BCUT2D eigenvalue weighted by molar-refractivity contribution is 8.01. The van der Waals surface area contributed by atoms with Crippen LogP contribution < -0.4 is 0 Å². The Kier molecular flexibility index (Phi) is 5.03. The van der Waals surface area contributed by atoms with Gasteiger partial charge < -0.3 is 0 Å². The lowest BCUT2D eigenvalue weighted by molar-refractivity contribution is -0.130. The quantitative estimate of drug-likeness (QED) is 0.558. The van der Waals surface area contributed by atoms with Gasteiger partial charge in [-0.1, -0.05) is 23.9 Å². The van der Waals surface area contributed by atoms with Crippen LogP contribution in [0.4, 0.5) is 0 Å². The van der Waals surface area contributed by atoms with Gasteiger partial charge in [0.1, 0.15) is 0 Å². The maximum atomic E-state index is 12.8. The minimum Gasteiger partial charge on any atom is -0.272 e. The zero-order valence-electron chi connectivity index (χ0n) is 13.4. The van der Waals surface area contributed by atoms with Gasteiger partial charge in [0.2, 0.25) is 0 Å². The molecule has 0 saturated heterocycles. The molecule has 4 heterocycles. The molecular weight excluding hydrogens is 390 g/mol. The molecule has 4 rings (SSSR count). The van der Waals surface area contributed by atoms with E-state index in [0.29, 0.717) is 5.75 Å². The lowest BCUT2D eigenvalue weighted by Crippen LogP contribution is -2.28. The molecule has 0 N–H and O–H groups in total. The Balaban J connectivity index is 1.53. The average molecular weight is 406 g/mol. The van der Waals surface area contributed by atoms with Crippen LogP contribution in [0.1, 0.15) is 27.9 Å². The van der Waals surface area contributed by atoms with Gasteiger partial charge in [-0.2, -0.15) is 5.10 Å². The molecule has 4 nitrogen and oxygen atoms in total. The summed E-state index contributed by atoms with van der Waals surface area (Å²) in [4.78, 5) is 19.6. The van der Waals surface area contributed by atoms with Gasteiger partial charge in [0, 0.05) is 22.4 Å². The molecule has 0 radical (unpaired) electrons. The first kappa shape index (κ1) is 17.0. The predicted molar refractivity (Wildman–Crippen MR) is 107 cm³/mol. The second kappa shape index (κ2) is 7.41. The van der Waals surface area contributed by atoms with Crippen LogP contribution in [0.15, 0.2) is 49.8 Å². The number of rotatable bonds is 5. The first-order chi connectivity index (χ1) is 12.2. The van der Waals surface area contributed by atoms with Gasteiger partial charge in [0.25, 0.3) is 5.91 Å². The van der Waals surface area contributed by atoms with Crippen LogP contribution >= 0.6 is 45.8 Å². The van der Waals surface area contributed by atoms with Crippen molar-refractivity contribution in [2.75, 3.05) is 5.75 Å². The molecule has 0 bridgehead atoms. The summed E-state index contributed by atoms with van der Waals surface area (Å²) in [6.07, 6.45) is 0.772. The normalized spacial score (nSPS) is 17.1. The summed E-state index contributed by atoms with van der Waals surface area (Å²) in [5, 5.41) is 12.4. The van der Waals surface area contributed by atoms with Crippen molar-refractivity contribution in [1.82, 2.24) is 9.99 Å². The third-order valence-corrected chi connectivity index (χ3v) is 7.78. The van der Waals surface area contributed by atoms with E-state index in [4.69, 9.17) is 0 Å². The zero-order valence-corrected chi connectivity index (χ0v) is 16.7. The lowest BCUT2D eigenvalue weighted by Gasteiger charge is -2.20. The van der Waals surface area contributed by atoms with Crippen molar-refractivity contribution in [3.05, 3.63) is 55.9 Å². The van der Waals surface area contributed by atoms with E-state index in [9.17, 15) is 4.79 Å². The lowest BCUT2D eigenvalue weighted by atomic mass is 10.1. The second-order valence-electron chi connectivity index (χ2n) is 5.54. The summed E-state index contributed by atoms with van der Waals surface area (Å²) < 4.78 is 0.931. The number of aromatic nitrogens is 1. The zero-order chi connectivity index (χ0) is 17.2. The number of hydrogen-bond acceptors (Lipinski definition) is 7. The number of thiophene rings is 2. The van der Waals surface area contributed by atoms with Crippen LogP contribution in [-0.4, -0.2) is 27.4 Å².